The lowest BCUT2D eigenvalue weighted by Gasteiger charge is -2.13. The Morgan fingerprint density at radius 1 is 1.53 bits per heavy atom. The molecule has 6 nitrogen and oxygen atoms in total. The van der Waals surface area contributed by atoms with Crippen LogP contribution in [0.2, 0.25) is 0 Å². The monoisotopic (exact) mass is 262 g/mol. The van der Waals surface area contributed by atoms with Crippen molar-refractivity contribution in [2.75, 3.05) is 13.6 Å². The zero-order chi connectivity index (χ0) is 13.8. The maximum absolute atomic E-state index is 11.0. The van der Waals surface area contributed by atoms with E-state index < -0.39 is 11.7 Å². The van der Waals surface area contributed by atoms with Gasteiger partial charge in [-0.3, -0.25) is 9.88 Å². The number of likely N-dealkylation sites (N-methyl/N-ethyl adjacent to an activating group) is 1. The summed E-state index contributed by atoms with van der Waals surface area (Å²) in [6, 6.07) is 5.46. The molecule has 0 unspecified atom stereocenters. The van der Waals surface area contributed by atoms with Crippen LogP contribution in [0.25, 0.3) is 11.1 Å². The highest BCUT2D eigenvalue weighted by atomic mass is 16.4. The van der Waals surface area contributed by atoms with Crippen molar-refractivity contribution in [3.05, 3.63) is 46.5 Å². The van der Waals surface area contributed by atoms with Gasteiger partial charge in [0.1, 0.15) is 0 Å². The maximum Gasteiger partial charge on any atom is 0.417 e. The number of aromatic nitrogens is 1. The molecule has 0 aliphatic carbocycles. The van der Waals surface area contributed by atoms with Gasteiger partial charge in [-0.1, -0.05) is 12.1 Å². The number of rotatable bonds is 5. The number of carboxylic acids is 1. The van der Waals surface area contributed by atoms with E-state index in [1.54, 1.807) is 12.1 Å². The minimum absolute atomic E-state index is 0.468. The molecule has 2 rings (SSSR count). The van der Waals surface area contributed by atoms with E-state index in [-0.39, 0.29) is 0 Å². The van der Waals surface area contributed by atoms with Crippen LogP contribution in [0.5, 0.6) is 0 Å². The molecule has 0 fully saturated rings. The zero-order valence-corrected chi connectivity index (χ0v) is 10.4. The summed E-state index contributed by atoms with van der Waals surface area (Å²) in [6.07, 6.45) is 2.70. The lowest BCUT2D eigenvalue weighted by atomic mass is 10.2. The highest BCUT2D eigenvalue weighted by molar-refractivity contribution is 5.79. The van der Waals surface area contributed by atoms with Crippen LogP contribution in [0.3, 0.4) is 0 Å². The molecule has 0 saturated carbocycles. The number of oxazole rings is 1. The number of nitrogens with one attached hydrogen (secondary N) is 1. The number of carboxylic acid groups (broad SMARTS) is 1. The van der Waals surface area contributed by atoms with Crippen LogP contribution in [0, 0.1) is 0 Å². The predicted octanol–water partition coefficient (Wildman–Crippen LogP) is 1.19. The fourth-order valence-corrected chi connectivity index (χ4v) is 1.81. The number of aromatic amines is 1. The average molecular weight is 262 g/mol. The number of fused-ring (bicyclic) bond motifs is 1. The molecule has 2 aromatic rings. The molecule has 0 atom stereocenters. The third-order valence-electron chi connectivity index (χ3n) is 2.61. The van der Waals surface area contributed by atoms with Gasteiger partial charge in [-0.05, 0) is 24.7 Å². The van der Waals surface area contributed by atoms with Crippen LogP contribution < -0.4 is 5.76 Å². The number of hydrogen-bond acceptors (Lipinski definition) is 4. The van der Waals surface area contributed by atoms with Crippen molar-refractivity contribution in [1.29, 1.82) is 0 Å². The first kappa shape index (κ1) is 13.1. The zero-order valence-electron chi connectivity index (χ0n) is 10.4. The summed E-state index contributed by atoms with van der Waals surface area (Å²) in [4.78, 5) is 25.9. The summed E-state index contributed by atoms with van der Waals surface area (Å²) in [5.41, 5.74) is 2.20. The van der Waals surface area contributed by atoms with Gasteiger partial charge in [0, 0.05) is 19.2 Å². The summed E-state index contributed by atoms with van der Waals surface area (Å²) in [6.45, 7) is 1.18. The van der Waals surface area contributed by atoms with E-state index in [9.17, 15) is 9.59 Å². The Kier molecular flexibility index (Phi) is 3.82. The molecule has 6 heteroatoms. The van der Waals surface area contributed by atoms with Crippen LogP contribution in [0.4, 0.5) is 0 Å². The standard InChI is InChI=1S/C13H14N2O4/c1-15(6-2-3-12(16)17)8-9-4-5-11-10(7-9)14-13(18)19-11/h2-5,7H,6,8H2,1H3,(H,14,18)(H,16,17)/b3-2+. The summed E-state index contributed by atoms with van der Waals surface area (Å²) >= 11 is 0. The van der Waals surface area contributed by atoms with Gasteiger partial charge in [0.05, 0.1) is 5.52 Å². The van der Waals surface area contributed by atoms with Gasteiger partial charge in [0.15, 0.2) is 5.58 Å². The third-order valence-corrected chi connectivity index (χ3v) is 2.61. The van der Waals surface area contributed by atoms with Gasteiger partial charge in [-0.15, -0.1) is 0 Å². The number of aliphatic carboxylic acids is 1. The smallest absolute Gasteiger partial charge is 0.417 e. The molecule has 1 heterocycles. The summed E-state index contributed by atoms with van der Waals surface area (Å²) in [5, 5.41) is 8.49. The van der Waals surface area contributed by atoms with Crippen molar-refractivity contribution in [3.8, 4) is 0 Å². The highest BCUT2D eigenvalue weighted by Gasteiger charge is 2.04. The van der Waals surface area contributed by atoms with Crippen LogP contribution in [-0.2, 0) is 11.3 Å². The maximum atomic E-state index is 11.0. The second-order valence-electron chi connectivity index (χ2n) is 4.28. The molecule has 1 aromatic heterocycles. The van der Waals surface area contributed by atoms with E-state index >= 15 is 0 Å². The molecule has 0 aliphatic rings. The van der Waals surface area contributed by atoms with Crippen LogP contribution in [0.1, 0.15) is 5.56 Å². The van der Waals surface area contributed by atoms with Gasteiger partial charge in [-0.2, -0.15) is 0 Å². The van der Waals surface area contributed by atoms with Gasteiger partial charge in [0.2, 0.25) is 0 Å². The summed E-state index contributed by atoms with van der Waals surface area (Å²) in [7, 11) is 1.88. The molecule has 0 bridgehead atoms. The SMILES string of the molecule is CN(C/C=C/C(=O)O)Cc1ccc2oc(=O)[nH]c2c1. The Morgan fingerprint density at radius 2 is 2.32 bits per heavy atom. The molecular formula is C13H14N2O4. The number of nitrogens with zero attached hydrogens (tertiary/aromatic N) is 1. The Labute approximate surface area is 109 Å². The Morgan fingerprint density at radius 3 is 3.05 bits per heavy atom. The number of benzene rings is 1. The number of hydrogen-bond donors (Lipinski definition) is 2. The average Bonchev–Trinajstić information content (AvgIpc) is 2.67. The largest absolute Gasteiger partial charge is 0.478 e. The summed E-state index contributed by atoms with van der Waals surface area (Å²) < 4.78 is 4.92. The van der Waals surface area contributed by atoms with E-state index in [4.69, 9.17) is 9.52 Å². The van der Waals surface area contributed by atoms with Gasteiger partial charge in [-0.25, -0.2) is 9.59 Å². The van der Waals surface area contributed by atoms with Crippen molar-refractivity contribution < 1.29 is 14.3 Å². The molecule has 1 aromatic carbocycles. The van der Waals surface area contributed by atoms with Crippen LogP contribution in [0.15, 0.2) is 39.6 Å². The van der Waals surface area contributed by atoms with Crippen molar-refractivity contribution in [2.45, 2.75) is 6.54 Å². The fourth-order valence-electron chi connectivity index (χ4n) is 1.81. The lowest BCUT2D eigenvalue weighted by molar-refractivity contribution is -0.131. The highest BCUT2D eigenvalue weighted by Crippen LogP contribution is 2.13. The van der Waals surface area contributed by atoms with Crippen molar-refractivity contribution in [3.63, 3.8) is 0 Å². The van der Waals surface area contributed by atoms with E-state index in [1.807, 2.05) is 24.1 Å². The molecule has 0 amide bonds. The quantitative estimate of drug-likeness (QED) is 0.790. The molecule has 0 radical (unpaired) electrons. The van der Waals surface area contributed by atoms with Gasteiger partial charge in [0.25, 0.3) is 0 Å². The van der Waals surface area contributed by atoms with Crippen LogP contribution in [-0.4, -0.2) is 34.6 Å². The molecule has 0 spiro atoms. The Bertz CT molecular complexity index is 669. The molecule has 100 valence electrons. The van der Waals surface area contributed by atoms with Crippen molar-refractivity contribution in [2.24, 2.45) is 0 Å². The topological polar surface area (TPSA) is 86.5 Å². The molecule has 2 N–H and O–H groups in total. The van der Waals surface area contributed by atoms with Crippen LogP contribution >= 0.6 is 0 Å². The van der Waals surface area contributed by atoms with E-state index in [1.165, 1.54) is 0 Å². The van der Waals surface area contributed by atoms with E-state index in [2.05, 4.69) is 4.98 Å². The number of H-pyrrole nitrogens is 1. The second-order valence-corrected chi connectivity index (χ2v) is 4.28. The fraction of sp³-hybridized carbons (Fsp3) is 0.231. The third kappa shape index (κ3) is 3.56. The first-order valence-corrected chi connectivity index (χ1v) is 5.74. The minimum Gasteiger partial charge on any atom is -0.478 e. The second kappa shape index (κ2) is 5.53. The molecular weight excluding hydrogens is 248 g/mol. The predicted molar refractivity (Wildman–Crippen MR) is 69.9 cm³/mol. The normalized spacial score (nSPS) is 11.7. The Hall–Kier alpha value is -2.34. The van der Waals surface area contributed by atoms with E-state index in [0.29, 0.717) is 24.2 Å². The summed E-state index contributed by atoms with van der Waals surface area (Å²) in [5.74, 6) is -1.42. The minimum atomic E-state index is -0.953. The molecule has 0 saturated heterocycles. The van der Waals surface area contributed by atoms with Crippen molar-refractivity contribution in [1.82, 2.24) is 9.88 Å². The molecule has 0 aliphatic heterocycles. The van der Waals surface area contributed by atoms with Gasteiger partial charge < -0.3 is 9.52 Å². The first-order chi connectivity index (χ1) is 9.04. The first-order valence-electron chi connectivity index (χ1n) is 5.74. The van der Waals surface area contributed by atoms with Crippen molar-refractivity contribution >= 4 is 17.1 Å². The van der Waals surface area contributed by atoms with E-state index in [0.717, 1.165) is 11.6 Å². The molecule has 19 heavy (non-hydrogen) atoms. The van der Waals surface area contributed by atoms with Gasteiger partial charge >= 0.3 is 11.7 Å². The Balaban J connectivity index is 2.04. The number of carbonyl (C=O) groups is 1. The lowest BCUT2D eigenvalue weighted by Crippen LogP contribution is -2.17.